The highest BCUT2D eigenvalue weighted by Gasteiger charge is 2.12. The molecule has 0 N–H and O–H groups in total. The highest BCUT2D eigenvalue weighted by atomic mass is 79.9. The molecule has 0 aliphatic rings. The Bertz CT molecular complexity index is 366. The van der Waals surface area contributed by atoms with Crippen LogP contribution in [-0.4, -0.2) is 13.1 Å². The van der Waals surface area contributed by atoms with Crippen molar-refractivity contribution in [3.8, 4) is 0 Å². The molecule has 0 bridgehead atoms. The molecule has 0 radical (unpaired) electrons. The van der Waals surface area contributed by atoms with E-state index in [1.54, 1.807) is 12.1 Å². The molecule has 1 rings (SSSR count). The van der Waals surface area contributed by atoms with Crippen LogP contribution in [0, 0.1) is 5.82 Å². The molecule has 76 valence electrons. The summed E-state index contributed by atoms with van der Waals surface area (Å²) in [5.74, 6) is -0.807. The fourth-order valence-corrected chi connectivity index (χ4v) is 2.01. The molecule has 0 amide bonds. The van der Waals surface area contributed by atoms with Crippen LogP contribution in [0.1, 0.15) is 5.56 Å². The van der Waals surface area contributed by atoms with E-state index in [1.807, 2.05) is 0 Å². The van der Waals surface area contributed by atoms with E-state index < -0.39 is 11.8 Å². The second kappa shape index (κ2) is 4.89. The van der Waals surface area contributed by atoms with Crippen molar-refractivity contribution in [2.75, 3.05) is 7.11 Å². The van der Waals surface area contributed by atoms with E-state index in [1.165, 1.54) is 7.11 Å². The Balaban J connectivity index is 3.00. The number of esters is 1. The number of ether oxygens (including phenoxy) is 1. The number of halogens is 3. The van der Waals surface area contributed by atoms with Crippen molar-refractivity contribution in [1.82, 2.24) is 0 Å². The van der Waals surface area contributed by atoms with Gasteiger partial charge in [-0.2, -0.15) is 0 Å². The average molecular weight is 326 g/mol. The molecule has 2 nitrogen and oxygen atoms in total. The van der Waals surface area contributed by atoms with Gasteiger partial charge < -0.3 is 4.74 Å². The fraction of sp³-hybridized carbons (Fsp3) is 0.222. The molecule has 0 atom stereocenters. The molecular formula is C9H7Br2FO2. The normalized spacial score (nSPS) is 10.0. The zero-order valence-electron chi connectivity index (χ0n) is 7.31. The van der Waals surface area contributed by atoms with Gasteiger partial charge in [0.05, 0.1) is 22.5 Å². The van der Waals surface area contributed by atoms with Gasteiger partial charge in [0, 0.05) is 0 Å². The number of carbonyl (C=O) groups is 1. The lowest BCUT2D eigenvalue weighted by atomic mass is 10.1. The molecule has 14 heavy (non-hydrogen) atoms. The maximum atomic E-state index is 13.3. The topological polar surface area (TPSA) is 26.3 Å². The fourth-order valence-electron chi connectivity index (χ4n) is 0.930. The average Bonchev–Trinajstić information content (AvgIpc) is 2.19. The van der Waals surface area contributed by atoms with Gasteiger partial charge in [-0.1, -0.05) is 6.07 Å². The molecular weight excluding hydrogens is 319 g/mol. The Kier molecular flexibility index (Phi) is 4.07. The van der Waals surface area contributed by atoms with E-state index >= 15 is 0 Å². The summed E-state index contributed by atoms with van der Waals surface area (Å²) in [4.78, 5) is 11.0. The second-order valence-electron chi connectivity index (χ2n) is 2.59. The van der Waals surface area contributed by atoms with Crippen LogP contribution in [0.2, 0.25) is 0 Å². The molecule has 0 aliphatic heterocycles. The number of benzene rings is 1. The monoisotopic (exact) mass is 324 g/mol. The summed E-state index contributed by atoms with van der Waals surface area (Å²) in [6.45, 7) is 0. The lowest BCUT2D eigenvalue weighted by molar-refractivity contribution is -0.139. The summed E-state index contributed by atoms with van der Waals surface area (Å²) in [5, 5.41) is 0. The number of hydrogen-bond acceptors (Lipinski definition) is 2. The van der Waals surface area contributed by atoms with Crippen molar-refractivity contribution in [3.63, 3.8) is 0 Å². The van der Waals surface area contributed by atoms with Gasteiger partial charge in [0.2, 0.25) is 0 Å². The SMILES string of the molecule is COC(=O)Cc1ccc(Br)c(F)c1Br. The van der Waals surface area contributed by atoms with Crippen molar-refractivity contribution in [1.29, 1.82) is 0 Å². The largest absolute Gasteiger partial charge is 0.469 e. The molecule has 0 unspecified atom stereocenters. The second-order valence-corrected chi connectivity index (χ2v) is 4.23. The third kappa shape index (κ3) is 2.54. The van der Waals surface area contributed by atoms with E-state index in [4.69, 9.17) is 0 Å². The smallest absolute Gasteiger partial charge is 0.310 e. The predicted octanol–water partition coefficient (Wildman–Crippen LogP) is 3.07. The molecule has 0 aliphatic carbocycles. The number of carbonyl (C=O) groups excluding carboxylic acids is 1. The van der Waals surface area contributed by atoms with Crippen LogP contribution in [0.3, 0.4) is 0 Å². The molecule has 1 aromatic carbocycles. The predicted molar refractivity (Wildman–Crippen MR) is 57.5 cm³/mol. The molecule has 1 aromatic rings. The minimum absolute atomic E-state index is 0.0568. The Morgan fingerprint density at radius 3 is 2.71 bits per heavy atom. The molecule has 5 heteroatoms. The van der Waals surface area contributed by atoms with Gasteiger partial charge in [0.15, 0.2) is 5.82 Å². The Morgan fingerprint density at radius 2 is 2.14 bits per heavy atom. The van der Waals surface area contributed by atoms with Crippen LogP contribution in [0.25, 0.3) is 0 Å². The van der Waals surface area contributed by atoms with Gasteiger partial charge in [-0.25, -0.2) is 4.39 Å². The summed E-state index contributed by atoms with van der Waals surface area (Å²) in [6, 6.07) is 3.21. The van der Waals surface area contributed by atoms with Crippen molar-refractivity contribution in [2.45, 2.75) is 6.42 Å². The van der Waals surface area contributed by atoms with Crippen molar-refractivity contribution in [2.24, 2.45) is 0 Å². The zero-order chi connectivity index (χ0) is 10.7. The van der Waals surface area contributed by atoms with Crippen molar-refractivity contribution >= 4 is 37.8 Å². The lowest BCUT2D eigenvalue weighted by Crippen LogP contribution is -2.05. The highest BCUT2D eigenvalue weighted by Crippen LogP contribution is 2.27. The maximum absolute atomic E-state index is 13.3. The first-order valence-electron chi connectivity index (χ1n) is 3.75. The quantitative estimate of drug-likeness (QED) is 0.617. The number of rotatable bonds is 2. The number of hydrogen-bond donors (Lipinski definition) is 0. The van der Waals surface area contributed by atoms with Crippen LogP contribution in [0.4, 0.5) is 4.39 Å². The van der Waals surface area contributed by atoms with E-state index in [-0.39, 0.29) is 10.9 Å². The molecule has 0 saturated carbocycles. The van der Waals surface area contributed by atoms with Gasteiger partial charge in [-0.3, -0.25) is 4.79 Å². The first-order chi connectivity index (χ1) is 6.56. The van der Waals surface area contributed by atoms with Gasteiger partial charge in [-0.05, 0) is 43.5 Å². The van der Waals surface area contributed by atoms with Gasteiger partial charge in [0.1, 0.15) is 0 Å². The Hall–Kier alpha value is -0.420. The lowest BCUT2D eigenvalue weighted by Gasteiger charge is -2.05. The third-order valence-electron chi connectivity index (χ3n) is 1.68. The molecule has 0 spiro atoms. The Labute approximate surface area is 97.7 Å². The molecule has 0 heterocycles. The van der Waals surface area contributed by atoms with Gasteiger partial charge in [0.25, 0.3) is 0 Å². The number of methoxy groups -OCH3 is 1. The van der Waals surface area contributed by atoms with Crippen molar-refractivity contribution in [3.05, 3.63) is 32.5 Å². The molecule has 0 aromatic heterocycles. The van der Waals surface area contributed by atoms with E-state index in [0.717, 1.165) is 0 Å². The first-order valence-corrected chi connectivity index (χ1v) is 5.34. The zero-order valence-corrected chi connectivity index (χ0v) is 10.5. The summed E-state index contributed by atoms with van der Waals surface area (Å²) in [5.41, 5.74) is 0.567. The standard InChI is InChI=1S/C9H7Br2FO2/c1-14-7(13)4-5-2-3-6(10)9(12)8(5)11/h2-3H,4H2,1H3. The van der Waals surface area contributed by atoms with E-state index in [9.17, 15) is 9.18 Å². The summed E-state index contributed by atoms with van der Waals surface area (Å²) in [6.07, 6.45) is 0.0568. The maximum Gasteiger partial charge on any atom is 0.310 e. The highest BCUT2D eigenvalue weighted by molar-refractivity contribution is 9.11. The van der Waals surface area contributed by atoms with Crippen molar-refractivity contribution < 1.29 is 13.9 Å². The molecule has 0 fully saturated rings. The molecule has 0 saturated heterocycles. The van der Waals surface area contributed by atoms with E-state index in [0.29, 0.717) is 10.0 Å². The minimum atomic E-state index is -0.411. The van der Waals surface area contributed by atoms with Crippen LogP contribution < -0.4 is 0 Å². The first kappa shape index (κ1) is 11.7. The minimum Gasteiger partial charge on any atom is -0.469 e. The summed E-state index contributed by atoms with van der Waals surface area (Å²) in [7, 11) is 1.30. The Morgan fingerprint density at radius 1 is 1.50 bits per heavy atom. The van der Waals surface area contributed by atoms with Crippen LogP contribution in [0.15, 0.2) is 21.1 Å². The summed E-state index contributed by atoms with van der Waals surface area (Å²) < 4.78 is 18.4. The van der Waals surface area contributed by atoms with Gasteiger partial charge in [-0.15, -0.1) is 0 Å². The van der Waals surface area contributed by atoms with Crippen LogP contribution >= 0.6 is 31.9 Å². The van der Waals surface area contributed by atoms with Crippen LogP contribution in [0.5, 0.6) is 0 Å². The van der Waals surface area contributed by atoms with E-state index in [2.05, 4.69) is 36.6 Å². The van der Waals surface area contributed by atoms with Crippen LogP contribution in [-0.2, 0) is 16.0 Å². The summed E-state index contributed by atoms with van der Waals surface area (Å²) >= 11 is 6.12. The van der Waals surface area contributed by atoms with Gasteiger partial charge >= 0.3 is 5.97 Å². The third-order valence-corrected chi connectivity index (χ3v) is 3.15.